The number of urea groups is 1. The van der Waals surface area contributed by atoms with Gasteiger partial charge in [-0.15, -0.1) is 0 Å². The number of piperidine rings is 1. The van der Waals surface area contributed by atoms with Crippen LogP contribution in [0.4, 0.5) is 19.3 Å². The second-order valence-electron chi connectivity index (χ2n) is 6.54. The molecule has 0 spiro atoms. The Balaban J connectivity index is 1.39. The third-order valence-corrected chi connectivity index (χ3v) is 4.60. The predicted octanol–water partition coefficient (Wildman–Crippen LogP) is 3.62. The maximum absolute atomic E-state index is 13.2. The second kappa shape index (κ2) is 8.66. The summed E-state index contributed by atoms with van der Waals surface area (Å²) >= 11 is 0. The molecule has 1 saturated heterocycles. The quantitative estimate of drug-likeness (QED) is 0.836. The number of benzene rings is 1. The summed E-state index contributed by atoms with van der Waals surface area (Å²) in [7, 11) is 0. The molecular formula is C19H21F2N3O3. The average Bonchev–Trinajstić information content (AvgIpc) is 3.16. The van der Waals surface area contributed by atoms with E-state index in [2.05, 4.69) is 10.6 Å². The van der Waals surface area contributed by atoms with Gasteiger partial charge in [0, 0.05) is 31.4 Å². The molecule has 0 aliphatic carbocycles. The van der Waals surface area contributed by atoms with Crippen molar-refractivity contribution in [3.63, 3.8) is 0 Å². The smallest absolute Gasteiger partial charge is 0.321 e. The van der Waals surface area contributed by atoms with Crippen molar-refractivity contribution >= 4 is 17.6 Å². The van der Waals surface area contributed by atoms with Crippen molar-refractivity contribution in [1.29, 1.82) is 0 Å². The summed E-state index contributed by atoms with van der Waals surface area (Å²) in [5.74, 6) is -1.02. The van der Waals surface area contributed by atoms with Crippen molar-refractivity contribution in [1.82, 2.24) is 10.2 Å². The van der Waals surface area contributed by atoms with Gasteiger partial charge in [0.1, 0.15) is 11.6 Å². The molecule has 1 aliphatic rings. The summed E-state index contributed by atoms with van der Waals surface area (Å²) in [5, 5.41) is 5.33. The molecule has 1 aromatic carbocycles. The molecule has 0 saturated carbocycles. The van der Waals surface area contributed by atoms with Crippen LogP contribution < -0.4 is 10.6 Å². The van der Waals surface area contributed by atoms with E-state index >= 15 is 0 Å². The maximum atomic E-state index is 13.2. The van der Waals surface area contributed by atoms with Crippen LogP contribution in [0.15, 0.2) is 41.0 Å². The number of nitrogens with zero attached hydrogens (tertiary/aromatic N) is 1. The number of likely N-dealkylation sites (tertiary alicyclic amines) is 1. The second-order valence-corrected chi connectivity index (χ2v) is 6.54. The summed E-state index contributed by atoms with van der Waals surface area (Å²) in [6.45, 7) is 1.65. The number of furan rings is 1. The zero-order valence-corrected chi connectivity index (χ0v) is 14.7. The number of hydrogen-bond acceptors (Lipinski definition) is 3. The fraction of sp³-hybridized carbons (Fsp3) is 0.368. The van der Waals surface area contributed by atoms with Crippen LogP contribution in [0, 0.1) is 17.6 Å². The monoisotopic (exact) mass is 377 g/mol. The van der Waals surface area contributed by atoms with Gasteiger partial charge in [-0.2, -0.15) is 0 Å². The highest BCUT2D eigenvalue weighted by Crippen LogP contribution is 2.21. The van der Waals surface area contributed by atoms with E-state index in [1.54, 1.807) is 17.0 Å². The molecule has 6 nitrogen and oxygen atoms in total. The average molecular weight is 377 g/mol. The number of halogens is 2. The van der Waals surface area contributed by atoms with Gasteiger partial charge in [-0.05, 0) is 49.4 Å². The Morgan fingerprint density at radius 2 is 1.85 bits per heavy atom. The number of carbonyl (C=O) groups excluding carboxylic acids is 2. The first-order valence-electron chi connectivity index (χ1n) is 8.85. The highest BCUT2D eigenvalue weighted by Gasteiger charge is 2.23. The van der Waals surface area contributed by atoms with Crippen LogP contribution in [-0.2, 0) is 0 Å². The Morgan fingerprint density at radius 3 is 2.48 bits per heavy atom. The highest BCUT2D eigenvalue weighted by molar-refractivity contribution is 5.91. The molecule has 2 aromatic rings. The van der Waals surface area contributed by atoms with E-state index in [4.69, 9.17) is 4.42 Å². The van der Waals surface area contributed by atoms with E-state index < -0.39 is 11.6 Å². The first-order valence-corrected chi connectivity index (χ1v) is 8.85. The molecule has 1 aliphatic heterocycles. The van der Waals surface area contributed by atoms with Crippen molar-refractivity contribution in [2.75, 3.05) is 25.0 Å². The third-order valence-electron chi connectivity index (χ3n) is 4.60. The lowest BCUT2D eigenvalue weighted by Crippen LogP contribution is -2.41. The molecule has 3 rings (SSSR count). The number of rotatable bonds is 5. The van der Waals surface area contributed by atoms with Crippen LogP contribution in [0.25, 0.3) is 0 Å². The number of nitrogens with one attached hydrogen (secondary N) is 2. The molecule has 144 valence electrons. The largest absolute Gasteiger partial charge is 0.459 e. The Bertz CT molecular complexity index is 767. The van der Waals surface area contributed by atoms with Crippen molar-refractivity contribution in [3.8, 4) is 0 Å². The van der Waals surface area contributed by atoms with Crippen molar-refractivity contribution in [2.24, 2.45) is 5.92 Å². The third kappa shape index (κ3) is 5.29. The Labute approximate surface area is 155 Å². The van der Waals surface area contributed by atoms with Crippen molar-refractivity contribution in [2.45, 2.75) is 19.3 Å². The van der Waals surface area contributed by atoms with Crippen LogP contribution in [0.1, 0.15) is 29.8 Å². The van der Waals surface area contributed by atoms with Crippen LogP contribution >= 0.6 is 0 Å². The first kappa shape index (κ1) is 18.9. The lowest BCUT2D eigenvalue weighted by atomic mass is 9.94. The molecule has 0 radical (unpaired) electrons. The van der Waals surface area contributed by atoms with Crippen molar-refractivity contribution < 1.29 is 22.8 Å². The fourth-order valence-electron chi connectivity index (χ4n) is 3.14. The van der Waals surface area contributed by atoms with Crippen molar-refractivity contribution in [3.05, 3.63) is 54.0 Å². The summed E-state index contributed by atoms with van der Waals surface area (Å²) < 4.78 is 31.4. The molecule has 0 atom stereocenters. The van der Waals surface area contributed by atoms with Crippen LogP contribution in [0.5, 0.6) is 0 Å². The minimum absolute atomic E-state index is 0.0975. The Morgan fingerprint density at radius 1 is 1.15 bits per heavy atom. The topological polar surface area (TPSA) is 74.6 Å². The number of anilines is 1. The van der Waals surface area contributed by atoms with E-state index in [9.17, 15) is 18.4 Å². The summed E-state index contributed by atoms with van der Waals surface area (Å²) in [4.78, 5) is 25.7. The number of hydrogen-bond donors (Lipinski definition) is 2. The lowest BCUT2D eigenvalue weighted by molar-refractivity contribution is 0.0922. The van der Waals surface area contributed by atoms with Gasteiger partial charge in [-0.3, -0.25) is 4.79 Å². The van der Waals surface area contributed by atoms with Gasteiger partial charge in [0.25, 0.3) is 5.91 Å². The van der Waals surface area contributed by atoms with Gasteiger partial charge in [0.05, 0.1) is 6.26 Å². The Kier molecular flexibility index (Phi) is 6.05. The fourth-order valence-corrected chi connectivity index (χ4v) is 3.14. The van der Waals surface area contributed by atoms with E-state index in [1.807, 2.05) is 0 Å². The maximum Gasteiger partial charge on any atom is 0.321 e. The molecule has 2 heterocycles. The van der Waals surface area contributed by atoms with Gasteiger partial charge in [0.15, 0.2) is 5.76 Å². The number of carbonyl (C=O) groups is 2. The molecule has 1 fully saturated rings. The molecular weight excluding hydrogens is 356 g/mol. The summed E-state index contributed by atoms with van der Waals surface area (Å²) in [5.41, 5.74) is 0.0975. The minimum Gasteiger partial charge on any atom is -0.459 e. The van der Waals surface area contributed by atoms with Gasteiger partial charge in [-0.1, -0.05) is 0 Å². The normalized spacial score (nSPS) is 14.8. The van der Waals surface area contributed by atoms with E-state index in [1.165, 1.54) is 6.26 Å². The molecule has 8 heteroatoms. The molecule has 0 unspecified atom stereocenters. The van der Waals surface area contributed by atoms with Gasteiger partial charge >= 0.3 is 6.03 Å². The van der Waals surface area contributed by atoms with E-state index in [0.717, 1.165) is 37.5 Å². The molecule has 1 aromatic heterocycles. The standard InChI is InChI=1S/C19H21F2N3O3/c20-14-10-15(21)12-16(11-14)23-19(26)24-7-4-13(5-8-24)3-6-22-18(25)17-2-1-9-27-17/h1-2,9-13H,3-8H2,(H,22,25)(H,23,26). The van der Waals surface area contributed by atoms with E-state index in [0.29, 0.717) is 25.6 Å². The summed E-state index contributed by atoms with van der Waals surface area (Å²) in [6, 6.07) is 5.81. The molecule has 0 bridgehead atoms. The molecule has 3 amide bonds. The van der Waals surface area contributed by atoms with Gasteiger partial charge in [-0.25, -0.2) is 13.6 Å². The molecule has 2 N–H and O–H groups in total. The summed E-state index contributed by atoms with van der Waals surface area (Å²) in [6.07, 6.45) is 3.88. The zero-order valence-electron chi connectivity index (χ0n) is 14.7. The molecule has 27 heavy (non-hydrogen) atoms. The SMILES string of the molecule is O=C(NCCC1CCN(C(=O)Nc2cc(F)cc(F)c2)CC1)c1ccco1. The number of amides is 3. The lowest BCUT2D eigenvalue weighted by Gasteiger charge is -2.32. The Hall–Kier alpha value is -2.90. The van der Waals surface area contributed by atoms with Crippen LogP contribution in [-0.4, -0.2) is 36.5 Å². The van der Waals surface area contributed by atoms with Gasteiger partial charge in [0.2, 0.25) is 0 Å². The first-order chi connectivity index (χ1) is 13.0. The van der Waals surface area contributed by atoms with E-state index in [-0.39, 0.29) is 23.4 Å². The predicted molar refractivity (Wildman–Crippen MR) is 95.3 cm³/mol. The van der Waals surface area contributed by atoms with Gasteiger partial charge < -0.3 is 20.0 Å². The van der Waals surface area contributed by atoms with Crippen LogP contribution in [0.3, 0.4) is 0 Å². The minimum atomic E-state index is -0.736. The van der Waals surface area contributed by atoms with Crippen LogP contribution in [0.2, 0.25) is 0 Å². The highest BCUT2D eigenvalue weighted by atomic mass is 19.1. The zero-order chi connectivity index (χ0) is 19.2.